The maximum absolute atomic E-state index is 12.8. The lowest BCUT2D eigenvalue weighted by molar-refractivity contribution is -0.135. The summed E-state index contributed by atoms with van der Waals surface area (Å²) in [4.78, 5) is 26.9. The molecule has 0 spiro atoms. The van der Waals surface area contributed by atoms with Crippen molar-refractivity contribution < 1.29 is 9.59 Å². The van der Waals surface area contributed by atoms with Crippen molar-refractivity contribution in [3.8, 4) is 0 Å². The first-order chi connectivity index (χ1) is 13.0. The van der Waals surface area contributed by atoms with Crippen LogP contribution >= 0.6 is 0 Å². The van der Waals surface area contributed by atoms with E-state index in [1.165, 1.54) is 19.3 Å². The number of nitrogens with zero attached hydrogens (tertiary/aromatic N) is 3. The lowest BCUT2D eigenvalue weighted by atomic mass is 9.71. The summed E-state index contributed by atoms with van der Waals surface area (Å²) in [5.74, 6) is 0.608. The van der Waals surface area contributed by atoms with Crippen LogP contribution in [0.15, 0.2) is 12.4 Å². The molecule has 7 nitrogen and oxygen atoms in total. The number of rotatable bonds is 6. The molecular formula is C20H33N5O2. The maximum atomic E-state index is 12.8. The predicted molar refractivity (Wildman–Crippen MR) is 104 cm³/mol. The van der Waals surface area contributed by atoms with E-state index in [-0.39, 0.29) is 17.2 Å². The van der Waals surface area contributed by atoms with E-state index >= 15 is 0 Å². The van der Waals surface area contributed by atoms with Crippen molar-refractivity contribution in [1.82, 2.24) is 20.0 Å². The van der Waals surface area contributed by atoms with Crippen molar-refractivity contribution in [1.29, 1.82) is 0 Å². The Labute approximate surface area is 161 Å². The number of piperidine rings is 1. The number of likely N-dealkylation sites (tertiary alicyclic amines) is 1. The van der Waals surface area contributed by atoms with Gasteiger partial charge < -0.3 is 16.0 Å². The highest BCUT2D eigenvalue weighted by Crippen LogP contribution is 2.39. The first-order valence-corrected chi connectivity index (χ1v) is 10.3. The van der Waals surface area contributed by atoms with E-state index in [2.05, 4.69) is 10.4 Å². The molecule has 1 saturated heterocycles. The van der Waals surface area contributed by atoms with Crippen LogP contribution in [0.25, 0.3) is 0 Å². The molecule has 2 fully saturated rings. The third kappa shape index (κ3) is 5.09. The lowest BCUT2D eigenvalue weighted by Gasteiger charge is -2.39. The minimum Gasteiger partial charge on any atom is -0.352 e. The molecule has 150 valence electrons. The van der Waals surface area contributed by atoms with Gasteiger partial charge in [0, 0.05) is 39.3 Å². The van der Waals surface area contributed by atoms with E-state index in [0.717, 1.165) is 38.8 Å². The normalized spacial score (nSPS) is 20.4. The van der Waals surface area contributed by atoms with Crippen molar-refractivity contribution in [2.45, 2.75) is 51.4 Å². The van der Waals surface area contributed by atoms with E-state index in [4.69, 9.17) is 5.73 Å². The van der Waals surface area contributed by atoms with Gasteiger partial charge in [0.15, 0.2) is 0 Å². The van der Waals surface area contributed by atoms with Crippen LogP contribution in [-0.2, 0) is 11.8 Å². The van der Waals surface area contributed by atoms with Gasteiger partial charge in [-0.3, -0.25) is 14.3 Å². The SMILES string of the molecule is Cn1cc(C(=O)NCC2CCN(C(=O)CC3(CN)CCCCC3)CC2)cn1. The van der Waals surface area contributed by atoms with Crippen LogP contribution in [0.4, 0.5) is 0 Å². The molecule has 1 aliphatic carbocycles. The molecule has 2 amide bonds. The van der Waals surface area contributed by atoms with Gasteiger partial charge in [-0.1, -0.05) is 19.3 Å². The van der Waals surface area contributed by atoms with Gasteiger partial charge >= 0.3 is 0 Å². The topological polar surface area (TPSA) is 93.2 Å². The Balaban J connectivity index is 1.41. The van der Waals surface area contributed by atoms with Crippen molar-refractivity contribution in [2.75, 3.05) is 26.2 Å². The van der Waals surface area contributed by atoms with Crippen LogP contribution < -0.4 is 11.1 Å². The zero-order chi connectivity index (χ0) is 19.3. The number of hydrogen-bond acceptors (Lipinski definition) is 4. The summed E-state index contributed by atoms with van der Waals surface area (Å²) < 4.78 is 1.62. The monoisotopic (exact) mass is 375 g/mol. The highest BCUT2D eigenvalue weighted by molar-refractivity contribution is 5.93. The van der Waals surface area contributed by atoms with Gasteiger partial charge in [-0.15, -0.1) is 0 Å². The Morgan fingerprint density at radius 3 is 2.56 bits per heavy atom. The van der Waals surface area contributed by atoms with Crippen LogP contribution in [0, 0.1) is 11.3 Å². The molecule has 1 aromatic rings. The van der Waals surface area contributed by atoms with E-state index in [1.807, 2.05) is 4.90 Å². The number of carbonyl (C=O) groups excluding carboxylic acids is 2. The quantitative estimate of drug-likeness (QED) is 0.791. The average Bonchev–Trinajstić information content (AvgIpc) is 3.13. The Bertz CT molecular complexity index is 643. The standard InChI is InChI=1S/C20H33N5O2/c1-24-14-17(13-23-24)19(27)22-12-16-5-9-25(10-6-16)18(26)11-20(15-21)7-3-2-4-8-20/h13-14,16H,2-12,15,21H2,1H3,(H,22,27). The van der Waals surface area contributed by atoms with Crippen molar-refractivity contribution in [2.24, 2.45) is 24.1 Å². The molecule has 27 heavy (non-hydrogen) atoms. The van der Waals surface area contributed by atoms with Crippen LogP contribution in [0.3, 0.4) is 0 Å². The van der Waals surface area contributed by atoms with E-state index in [1.54, 1.807) is 24.1 Å². The second-order valence-electron chi connectivity index (χ2n) is 8.38. The molecule has 2 aliphatic rings. The largest absolute Gasteiger partial charge is 0.352 e. The Hall–Kier alpha value is -1.89. The Morgan fingerprint density at radius 1 is 1.26 bits per heavy atom. The molecule has 0 bridgehead atoms. The molecule has 0 unspecified atom stereocenters. The van der Waals surface area contributed by atoms with Gasteiger partial charge in [-0.05, 0) is 43.6 Å². The number of nitrogens with one attached hydrogen (secondary N) is 1. The fraction of sp³-hybridized carbons (Fsp3) is 0.750. The van der Waals surface area contributed by atoms with Crippen molar-refractivity contribution in [3.63, 3.8) is 0 Å². The van der Waals surface area contributed by atoms with E-state index < -0.39 is 0 Å². The lowest BCUT2D eigenvalue weighted by Crippen LogP contribution is -2.45. The number of carbonyl (C=O) groups is 2. The number of aromatic nitrogens is 2. The van der Waals surface area contributed by atoms with E-state index in [9.17, 15) is 9.59 Å². The minimum absolute atomic E-state index is 0.0316. The summed E-state index contributed by atoms with van der Waals surface area (Å²) in [7, 11) is 1.80. The highest BCUT2D eigenvalue weighted by atomic mass is 16.2. The van der Waals surface area contributed by atoms with Gasteiger partial charge in [0.25, 0.3) is 5.91 Å². The third-order valence-corrected chi connectivity index (χ3v) is 6.36. The molecule has 3 rings (SSSR count). The van der Waals surface area contributed by atoms with Crippen LogP contribution in [0.5, 0.6) is 0 Å². The van der Waals surface area contributed by atoms with Gasteiger partial charge in [0.05, 0.1) is 11.8 Å². The average molecular weight is 376 g/mol. The molecule has 7 heteroatoms. The summed E-state index contributed by atoms with van der Waals surface area (Å²) in [5, 5.41) is 7.02. The molecule has 0 radical (unpaired) electrons. The van der Waals surface area contributed by atoms with Crippen molar-refractivity contribution >= 4 is 11.8 Å². The molecule has 0 atom stereocenters. The van der Waals surface area contributed by atoms with Gasteiger partial charge in [0.2, 0.25) is 5.91 Å². The first kappa shape index (κ1) is 19.9. The summed E-state index contributed by atoms with van der Waals surface area (Å²) in [5.41, 5.74) is 6.66. The van der Waals surface area contributed by atoms with Gasteiger partial charge in [-0.2, -0.15) is 5.10 Å². The Kier molecular flexibility index (Phi) is 6.52. The van der Waals surface area contributed by atoms with Crippen LogP contribution in [0.1, 0.15) is 61.7 Å². The fourth-order valence-corrected chi connectivity index (χ4v) is 4.45. The fourth-order valence-electron chi connectivity index (χ4n) is 4.45. The van der Waals surface area contributed by atoms with Crippen LogP contribution in [0.2, 0.25) is 0 Å². The second-order valence-corrected chi connectivity index (χ2v) is 8.38. The van der Waals surface area contributed by atoms with Gasteiger partial charge in [0.1, 0.15) is 0 Å². The predicted octanol–water partition coefficient (Wildman–Crippen LogP) is 1.69. The first-order valence-electron chi connectivity index (χ1n) is 10.3. The molecular weight excluding hydrogens is 342 g/mol. The smallest absolute Gasteiger partial charge is 0.254 e. The Morgan fingerprint density at radius 2 is 1.96 bits per heavy atom. The van der Waals surface area contributed by atoms with Crippen molar-refractivity contribution in [3.05, 3.63) is 18.0 Å². The molecule has 3 N–H and O–H groups in total. The molecule has 1 aromatic heterocycles. The van der Waals surface area contributed by atoms with Crippen LogP contribution in [-0.4, -0.2) is 52.7 Å². The summed E-state index contributed by atoms with van der Waals surface area (Å²) in [6.45, 7) is 2.85. The molecule has 1 saturated carbocycles. The number of aryl methyl sites for hydroxylation is 1. The summed E-state index contributed by atoms with van der Waals surface area (Å²) in [6.07, 6.45) is 11.6. The van der Waals surface area contributed by atoms with E-state index in [0.29, 0.717) is 31.0 Å². The molecule has 2 heterocycles. The zero-order valence-electron chi connectivity index (χ0n) is 16.5. The van der Waals surface area contributed by atoms with Gasteiger partial charge in [-0.25, -0.2) is 0 Å². The molecule has 1 aliphatic heterocycles. The summed E-state index contributed by atoms with van der Waals surface area (Å²) >= 11 is 0. The molecule has 0 aromatic carbocycles. The zero-order valence-corrected chi connectivity index (χ0v) is 16.5. The maximum Gasteiger partial charge on any atom is 0.254 e. The number of hydrogen-bond donors (Lipinski definition) is 2. The number of amides is 2. The highest BCUT2D eigenvalue weighted by Gasteiger charge is 2.35. The third-order valence-electron chi connectivity index (χ3n) is 6.36. The number of nitrogens with two attached hydrogens (primary N) is 1. The summed E-state index contributed by atoms with van der Waals surface area (Å²) in [6, 6.07) is 0. The minimum atomic E-state index is -0.0798. The second kappa shape index (κ2) is 8.87.